The number of carbonyl (C=O) groups is 3. The van der Waals surface area contributed by atoms with Gasteiger partial charge in [-0.3, -0.25) is 9.69 Å². The summed E-state index contributed by atoms with van der Waals surface area (Å²) in [5.41, 5.74) is 0.418. The van der Waals surface area contributed by atoms with Gasteiger partial charge in [-0.15, -0.1) is 0 Å². The van der Waals surface area contributed by atoms with E-state index in [1.54, 1.807) is 18.2 Å². The van der Waals surface area contributed by atoms with Crippen LogP contribution in [0.3, 0.4) is 0 Å². The third-order valence-corrected chi connectivity index (χ3v) is 6.32. The minimum atomic E-state index is -1.31. The predicted octanol–water partition coefficient (Wildman–Crippen LogP) is 5.51. The van der Waals surface area contributed by atoms with Crippen molar-refractivity contribution in [1.29, 1.82) is 0 Å². The number of thioether (sulfide) groups is 1. The van der Waals surface area contributed by atoms with E-state index in [0.29, 0.717) is 11.5 Å². The number of furan rings is 1. The van der Waals surface area contributed by atoms with Crippen molar-refractivity contribution in [3.63, 3.8) is 0 Å². The number of anilines is 1. The van der Waals surface area contributed by atoms with Gasteiger partial charge in [0.25, 0.3) is 5.91 Å². The molecule has 0 spiro atoms. The molecular weight excluding hydrogens is 518 g/mol. The van der Waals surface area contributed by atoms with Gasteiger partial charge < -0.3 is 14.6 Å². The van der Waals surface area contributed by atoms with Crippen molar-refractivity contribution in [2.75, 3.05) is 4.90 Å². The third kappa shape index (κ3) is 4.38. The topological polar surface area (TPSA) is 108 Å². The van der Waals surface area contributed by atoms with Crippen LogP contribution in [0, 0.1) is 0 Å². The quantitative estimate of drug-likeness (QED) is 0.329. The third-order valence-electron chi connectivity index (χ3n) is 4.49. The summed E-state index contributed by atoms with van der Waals surface area (Å²) in [6.07, 6.45) is 1.54. The molecule has 3 aromatic rings. The number of hydrogen-bond donors (Lipinski definition) is 2. The lowest BCUT2D eigenvalue weighted by molar-refractivity contribution is -0.113. The fraction of sp³-hybridized carbons (Fsp3) is 0. The molecule has 1 aliphatic heterocycles. The Hall–Kier alpha value is -3.21. The highest BCUT2D eigenvalue weighted by atomic mass is 79.9. The Labute approximate surface area is 199 Å². The zero-order valence-electron chi connectivity index (χ0n) is 15.9. The Balaban J connectivity index is 1.65. The second-order valence-corrected chi connectivity index (χ2v) is 9.20. The zero-order chi connectivity index (χ0) is 23.0. The van der Waals surface area contributed by atoms with Gasteiger partial charge in [0.2, 0.25) is 0 Å². The van der Waals surface area contributed by atoms with Crippen LogP contribution >= 0.6 is 39.9 Å². The van der Waals surface area contributed by atoms with Gasteiger partial charge in [-0.25, -0.2) is 9.59 Å². The van der Waals surface area contributed by atoms with E-state index in [0.717, 1.165) is 32.8 Å². The summed E-state index contributed by atoms with van der Waals surface area (Å²) < 4.78 is 6.91. The number of hydrogen-bond acceptors (Lipinski definition) is 6. The molecule has 0 atom stereocenters. The molecule has 2 N–H and O–H groups in total. The predicted molar refractivity (Wildman–Crippen MR) is 128 cm³/mol. The molecule has 32 heavy (non-hydrogen) atoms. The first-order valence-electron chi connectivity index (χ1n) is 8.98. The molecule has 0 saturated carbocycles. The van der Waals surface area contributed by atoms with Crippen LogP contribution in [-0.4, -0.2) is 32.4 Å². The standard InChI is InChI=1S/C22H12BrNO6S2/c23-14-3-1-11(2-4-14)17-6-5-16(30-17)10-18-19(25)24(22(31)32-18)15-8-12(20(26)27)7-13(9-15)21(28)29/h1-10H,(H,26,27)(H,28,29)/b18-10+. The van der Waals surface area contributed by atoms with Crippen molar-refractivity contribution in [2.45, 2.75) is 0 Å². The number of carboxylic acid groups (broad SMARTS) is 2. The number of carbonyl (C=O) groups excluding carboxylic acids is 1. The molecule has 0 aliphatic carbocycles. The fourth-order valence-electron chi connectivity index (χ4n) is 3.01. The smallest absolute Gasteiger partial charge is 0.335 e. The average Bonchev–Trinajstić information content (AvgIpc) is 3.32. The summed E-state index contributed by atoms with van der Waals surface area (Å²) >= 11 is 9.70. The number of thiocarbonyl (C=S) groups is 1. The van der Waals surface area contributed by atoms with E-state index in [1.165, 1.54) is 12.1 Å². The highest BCUT2D eigenvalue weighted by molar-refractivity contribution is 9.10. The molecule has 0 radical (unpaired) electrons. The van der Waals surface area contributed by atoms with Crippen LogP contribution in [0.5, 0.6) is 0 Å². The number of halogens is 1. The van der Waals surface area contributed by atoms with Gasteiger partial charge in [-0.2, -0.15) is 0 Å². The van der Waals surface area contributed by atoms with Gasteiger partial charge in [-0.1, -0.05) is 52.0 Å². The minimum absolute atomic E-state index is 0.0724. The van der Waals surface area contributed by atoms with Crippen LogP contribution in [0.1, 0.15) is 26.5 Å². The zero-order valence-corrected chi connectivity index (χ0v) is 19.2. The lowest BCUT2D eigenvalue weighted by Gasteiger charge is -2.16. The maximum Gasteiger partial charge on any atom is 0.335 e. The highest BCUT2D eigenvalue weighted by Crippen LogP contribution is 2.37. The Bertz CT molecular complexity index is 1280. The first kappa shape index (κ1) is 22.0. The van der Waals surface area contributed by atoms with Crippen LogP contribution in [-0.2, 0) is 4.79 Å². The van der Waals surface area contributed by atoms with Crippen molar-refractivity contribution in [3.8, 4) is 11.3 Å². The van der Waals surface area contributed by atoms with E-state index < -0.39 is 17.8 Å². The van der Waals surface area contributed by atoms with E-state index in [9.17, 15) is 24.6 Å². The summed E-state index contributed by atoms with van der Waals surface area (Å²) in [4.78, 5) is 37.2. The highest BCUT2D eigenvalue weighted by Gasteiger charge is 2.34. The molecule has 160 valence electrons. The van der Waals surface area contributed by atoms with Crippen molar-refractivity contribution < 1.29 is 29.0 Å². The summed E-state index contributed by atoms with van der Waals surface area (Å²) in [6, 6.07) is 14.5. The molecule has 4 rings (SSSR count). The molecular formula is C22H12BrNO6S2. The van der Waals surface area contributed by atoms with Crippen molar-refractivity contribution in [2.24, 2.45) is 0 Å². The van der Waals surface area contributed by atoms with Gasteiger partial charge in [0.15, 0.2) is 4.32 Å². The van der Waals surface area contributed by atoms with Gasteiger partial charge in [-0.05, 0) is 42.5 Å². The van der Waals surface area contributed by atoms with Crippen molar-refractivity contribution in [1.82, 2.24) is 0 Å². The van der Waals surface area contributed by atoms with E-state index >= 15 is 0 Å². The molecule has 1 amide bonds. The van der Waals surface area contributed by atoms with Crippen LogP contribution < -0.4 is 4.90 Å². The molecule has 2 heterocycles. The van der Waals surface area contributed by atoms with Crippen LogP contribution in [0.25, 0.3) is 17.4 Å². The molecule has 10 heteroatoms. The van der Waals surface area contributed by atoms with Gasteiger partial charge >= 0.3 is 11.9 Å². The molecule has 0 unspecified atom stereocenters. The molecule has 7 nitrogen and oxygen atoms in total. The molecule has 1 saturated heterocycles. The number of nitrogens with zero attached hydrogens (tertiary/aromatic N) is 1. The van der Waals surface area contributed by atoms with Gasteiger partial charge in [0, 0.05) is 16.1 Å². The van der Waals surface area contributed by atoms with Crippen LogP contribution in [0.15, 0.2) is 68.4 Å². The monoisotopic (exact) mass is 529 g/mol. The minimum Gasteiger partial charge on any atom is -0.478 e. The SMILES string of the molecule is O=C(O)c1cc(C(=O)O)cc(N2C(=O)/C(=C\c3ccc(-c4ccc(Br)cc4)o3)SC2=S)c1. The number of benzene rings is 2. The van der Waals surface area contributed by atoms with Gasteiger partial charge in [0.05, 0.1) is 21.7 Å². The Kier molecular flexibility index (Phi) is 6.00. The summed E-state index contributed by atoms with van der Waals surface area (Å²) in [6.45, 7) is 0. The fourth-order valence-corrected chi connectivity index (χ4v) is 4.55. The molecule has 1 aromatic heterocycles. The molecule has 0 bridgehead atoms. The first-order valence-corrected chi connectivity index (χ1v) is 11.0. The largest absolute Gasteiger partial charge is 0.478 e. The summed E-state index contributed by atoms with van der Waals surface area (Å²) in [5, 5.41) is 18.6. The average molecular weight is 530 g/mol. The van der Waals surface area contributed by atoms with E-state index in [4.69, 9.17) is 16.6 Å². The number of carboxylic acids is 2. The van der Waals surface area contributed by atoms with Crippen LogP contribution in [0.2, 0.25) is 0 Å². The number of rotatable bonds is 5. The lowest BCUT2D eigenvalue weighted by atomic mass is 10.1. The van der Waals surface area contributed by atoms with Crippen LogP contribution in [0.4, 0.5) is 5.69 Å². The number of amides is 1. The lowest BCUT2D eigenvalue weighted by Crippen LogP contribution is -2.28. The number of aromatic carboxylic acids is 2. The van der Waals surface area contributed by atoms with E-state index in [2.05, 4.69) is 15.9 Å². The normalized spacial score (nSPS) is 14.9. The first-order chi connectivity index (χ1) is 15.2. The Morgan fingerprint density at radius 2 is 1.62 bits per heavy atom. The summed E-state index contributed by atoms with van der Waals surface area (Å²) in [5.74, 6) is -2.06. The Morgan fingerprint density at radius 1 is 1.00 bits per heavy atom. The van der Waals surface area contributed by atoms with E-state index in [-0.39, 0.29) is 26.0 Å². The van der Waals surface area contributed by atoms with Gasteiger partial charge in [0.1, 0.15) is 11.5 Å². The molecule has 1 fully saturated rings. The molecule has 1 aliphatic rings. The maximum atomic E-state index is 13.0. The maximum absolute atomic E-state index is 13.0. The Morgan fingerprint density at radius 3 is 2.22 bits per heavy atom. The second-order valence-electron chi connectivity index (χ2n) is 6.60. The van der Waals surface area contributed by atoms with Crippen molar-refractivity contribution >= 4 is 73.8 Å². The van der Waals surface area contributed by atoms with Crippen molar-refractivity contribution in [3.05, 3.63) is 80.9 Å². The second kappa shape index (κ2) is 8.73. The van der Waals surface area contributed by atoms with E-state index in [1.807, 2.05) is 24.3 Å². The summed E-state index contributed by atoms with van der Waals surface area (Å²) in [7, 11) is 0. The molecule has 2 aromatic carbocycles.